The third kappa shape index (κ3) is 5.80. The van der Waals surface area contributed by atoms with E-state index in [0.717, 1.165) is 19.7 Å². The van der Waals surface area contributed by atoms with Crippen molar-refractivity contribution >= 4 is 0 Å². The van der Waals surface area contributed by atoms with Crippen LogP contribution in [0.2, 0.25) is 0 Å². The van der Waals surface area contributed by atoms with E-state index in [-0.39, 0.29) is 0 Å². The number of nitrogens with one attached hydrogen (secondary N) is 1. The Hall–Kier alpha value is -0.120. The summed E-state index contributed by atoms with van der Waals surface area (Å²) < 4.78 is 5.98. The van der Waals surface area contributed by atoms with Crippen LogP contribution in [0.4, 0.5) is 0 Å². The summed E-state index contributed by atoms with van der Waals surface area (Å²) in [4.78, 5) is 2.64. The first kappa shape index (κ1) is 15.3. The Labute approximate surface area is 119 Å². The fourth-order valence-electron chi connectivity index (χ4n) is 3.20. The van der Waals surface area contributed by atoms with Crippen LogP contribution in [-0.4, -0.2) is 50.3 Å². The van der Waals surface area contributed by atoms with Gasteiger partial charge >= 0.3 is 0 Å². The maximum Gasteiger partial charge on any atom is 0.0599 e. The number of ether oxygens (including phenoxy) is 1. The van der Waals surface area contributed by atoms with Crippen molar-refractivity contribution in [2.45, 2.75) is 58.5 Å². The van der Waals surface area contributed by atoms with Crippen LogP contribution in [0.1, 0.15) is 52.4 Å². The molecule has 2 fully saturated rings. The van der Waals surface area contributed by atoms with Crippen LogP contribution in [0.25, 0.3) is 0 Å². The number of piperidine rings is 1. The molecule has 3 nitrogen and oxygen atoms in total. The lowest BCUT2D eigenvalue weighted by molar-refractivity contribution is 0.0278. The van der Waals surface area contributed by atoms with Gasteiger partial charge in [-0.25, -0.2) is 0 Å². The smallest absolute Gasteiger partial charge is 0.0599 e. The van der Waals surface area contributed by atoms with Gasteiger partial charge in [0.25, 0.3) is 0 Å². The molecule has 19 heavy (non-hydrogen) atoms. The summed E-state index contributed by atoms with van der Waals surface area (Å²) in [6, 6.07) is 0. The van der Waals surface area contributed by atoms with E-state index >= 15 is 0 Å². The van der Waals surface area contributed by atoms with Crippen LogP contribution in [0.5, 0.6) is 0 Å². The van der Waals surface area contributed by atoms with Gasteiger partial charge in [0.2, 0.25) is 0 Å². The number of nitrogens with zero attached hydrogens (tertiary/aromatic N) is 1. The van der Waals surface area contributed by atoms with Gasteiger partial charge in [-0.05, 0) is 70.1 Å². The van der Waals surface area contributed by atoms with Gasteiger partial charge in [0, 0.05) is 13.2 Å². The van der Waals surface area contributed by atoms with Crippen LogP contribution in [0, 0.1) is 5.41 Å². The monoisotopic (exact) mass is 268 g/mol. The molecule has 0 atom stereocenters. The van der Waals surface area contributed by atoms with Crippen LogP contribution >= 0.6 is 0 Å². The molecule has 0 bridgehead atoms. The molecule has 0 aromatic carbocycles. The zero-order valence-corrected chi connectivity index (χ0v) is 12.9. The van der Waals surface area contributed by atoms with Gasteiger partial charge in [-0.3, -0.25) is 0 Å². The van der Waals surface area contributed by atoms with Crippen LogP contribution in [-0.2, 0) is 4.74 Å². The molecule has 0 saturated carbocycles. The van der Waals surface area contributed by atoms with Gasteiger partial charge < -0.3 is 15.0 Å². The van der Waals surface area contributed by atoms with Gasteiger partial charge in [0.05, 0.1) is 6.10 Å². The summed E-state index contributed by atoms with van der Waals surface area (Å²) >= 11 is 0. The summed E-state index contributed by atoms with van der Waals surface area (Å²) in [5.41, 5.74) is 0.556. The summed E-state index contributed by atoms with van der Waals surface area (Å²) in [5.74, 6) is 0. The Balaban J connectivity index is 1.55. The summed E-state index contributed by atoms with van der Waals surface area (Å²) in [6.45, 7) is 11.8. The van der Waals surface area contributed by atoms with Crippen molar-refractivity contribution in [3.63, 3.8) is 0 Å². The minimum absolute atomic E-state index is 0.518. The van der Waals surface area contributed by atoms with Crippen molar-refractivity contribution in [2.75, 3.05) is 39.3 Å². The summed E-state index contributed by atoms with van der Waals surface area (Å²) in [5, 5.41) is 3.38. The SMILES string of the molecule is CC1(C)CCCN(CCCOC2CCNCC2)CC1. The Morgan fingerprint density at radius 2 is 1.95 bits per heavy atom. The molecule has 2 rings (SSSR count). The highest BCUT2D eigenvalue weighted by Crippen LogP contribution is 2.29. The van der Waals surface area contributed by atoms with E-state index in [9.17, 15) is 0 Å². The van der Waals surface area contributed by atoms with Gasteiger partial charge in [-0.2, -0.15) is 0 Å². The molecular weight excluding hydrogens is 236 g/mol. The van der Waals surface area contributed by atoms with E-state index in [1.54, 1.807) is 0 Å². The van der Waals surface area contributed by atoms with Crippen LogP contribution in [0.3, 0.4) is 0 Å². The molecule has 0 aliphatic carbocycles. The molecule has 0 spiro atoms. The van der Waals surface area contributed by atoms with Crippen LogP contribution < -0.4 is 5.32 Å². The Morgan fingerprint density at radius 3 is 2.74 bits per heavy atom. The highest BCUT2D eigenvalue weighted by Gasteiger charge is 2.22. The maximum absolute atomic E-state index is 5.98. The average molecular weight is 268 g/mol. The third-order valence-electron chi connectivity index (χ3n) is 4.69. The standard InChI is InChI=1S/C16H32N2O/c1-16(2)7-3-11-18(13-8-16)12-4-14-19-15-5-9-17-10-6-15/h15,17H,3-14H2,1-2H3. The normalized spacial score (nSPS) is 26.2. The largest absolute Gasteiger partial charge is 0.378 e. The predicted octanol–water partition coefficient (Wildman–Crippen LogP) is 2.66. The van der Waals surface area contributed by atoms with E-state index in [4.69, 9.17) is 4.74 Å². The topological polar surface area (TPSA) is 24.5 Å². The van der Waals surface area contributed by atoms with E-state index < -0.39 is 0 Å². The highest BCUT2D eigenvalue weighted by atomic mass is 16.5. The maximum atomic E-state index is 5.98. The van der Waals surface area contributed by atoms with Crippen LogP contribution in [0.15, 0.2) is 0 Å². The molecule has 0 radical (unpaired) electrons. The molecule has 2 aliphatic rings. The molecule has 2 saturated heterocycles. The average Bonchev–Trinajstić information content (AvgIpc) is 2.57. The number of likely N-dealkylation sites (tertiary alicyclic amines) is 1. The number of hydrogen-bond acceptors (Lipinski definition) is 3. The van der Waals surface area contributed by atoms with Gasteiger partial charge in [0.1, 0.15) is 0 Å². The molecular formula is C16H32N2O. The molecule has 3 heteroatoms. The van der Waals surface area contributed by atoms with Gasteiger partial charge in [0.15, 0.2) is 0 Å². The first-order valence-electron chi connectivity index (χ1n) is 8.20. The van der Waals surface area contributed by atoms with Gasteiger partial charge in [-0.15, -0.1) is 0 Å². The molecule has 2 heterocycles. The van der Waals surface area contributed by atoms with Crippen molar-refractivity contribution in [2.24, 2.45) is 5.41 Å². The zero-order chi connectivity index (χ0) is 13.6. The molecule has 0 aromatic rings. The molecule has 2 aliphatic heterocycles. The molecule has 112 valence electrons. The minimum Gasteiger partial charge on any atom is -0.378 e. The quantitative estimate of drug-likeness (QED) is 0.776. The van der Waals surface area contributed by atoms with Crippen molar-refractivity contribution in [3.05, 3.63) is 0 Å². The van der Waals surface area contributed by atoms with Crippen molar-refractivity contribution in [3.8, 4) is 0 Å². The molecule has 0 aromatic heterocycles. The Bertz CT molecular complexity index is 249. The van der Waals surface area contributed by atoms with E-state index in [0.29, 0.717) is 11.5 Å². The second kappa shape index (κ2) is 7.61. The fraction of sp³-hybridized carbons (Fsp3) is 1.00. The lowest BCUT2D eigenvalue weighted by atomic mass is 9.85. The molecule has 1 N–H and O–H groups in total. The van der Waals surface area contributed by atoms with Gasteiger partial charge in [-0.1, -0.05) is 13.8 Å². The first-order chi connectivity index (χ1) is 9.16. The Morgan fingerprint density at radius 1 is 1.16 bits per heavy atom. The molecule has 0 amide bonds. The second-order valence-corrected chi connectivity index (χ2v) is 7.03. The lowest BCUT2D eigenvalue weighted by Crippen LogP contribution is -2.33. The van der Waals surface area contributed by atoms with E-state index in [1.165, 1.54) is 58.2 Å². The predicted molar refractivity (Wildman–Crippen MR) is 80.5 cm³/mol. The number of hydrogen-bond donors (Lipinski definition) is 1. The minimum atomic E-state index is 0.518. The van der Waals surface area contributed by atoms with E-state index in [2.05, 4.69) is 24.1 Å². The molecule has 0 unspecified atom stereocenters. The number of rotatable bonds is 5. The lowest BCUT2D eigenvalue weighted by Gasteiger charge is -2.25. The summed E-state index contributed by atoms with van der Waals surface area (Å²) in [7, 11) is 0. The second-order valence-electron chi connectivity index (χ2n) is 7.03. The van der Waals surface area contributed by atoms with Crippen molar-refractivity contribution in [1.82, 2.24) is 10.2 Å². The highest BCUT2D eigenvalue weighted by molar-refractivity contribution is 4.76. The fourth-order valence-corrected chi connectivity index (χ4v) is 3.20. The third-order valence-corrected chi connectivity index (χ3v) is 4.69. The zero-order valence-electron chi connectivity index (χ0n) is 12.9. The van der Waals surface area contributed by atoms with Crippen molar-refractivity contribution in [1.29, 1.82) is 0 Å². The van der Waals surface area contributed by atoms with E-state index in [1.807, 2.05) is 0 Å². The first-order valence-corrected chi connectivity index (χ1v) is 8.20. The summed E-state index contributed by atoms with van der Waals surface area (Å²) in [6.07, 6.45) is 8.20. The Kier molecular flexibility index (Phi) is 6.11. The van der Waals surface area contributed by atoms with Crippen molar-refractivity contribution < 1.29 is 4.74 Å².